The first kappa shape index (κ1) is 12.7. The SMILES string of the molecule is CCCOc1ccc2[nH]cc(C(=O)C(C)C)c2c1. The van der Waals surface area contributed by atoms with E-state index in [1.54, 1.807) is 6.20 Å². The first-order valence-corrected chi connectivity index (χ1v) is 6.41. The standard InChI is InChI=1S/C15H19NO2/c1-4-7-18-11-5-6-14-12(8-11)13(9-16-14)15(17)10(2)3/h5-6,8-10,16H,4,7H2,1-3H3. The van der Waals surface area contributed by atoms with Gasteiger partial charge < -0.3 is 9.72 Å². The Bertz CT molecular complexity index is 555. The summed E-state index contributed by atoms with van der Waals surface area (Å²) >= 11 is 0. The van der Waals surface area contributed by atoms with Gasteiger partial charge >= 0.3 is 0 Å². The highest BCUT2D eigenvalue weighted by molar-refractivity contribution is 6.08. The van der Waals surface area contributed by atoms with E-state index in [4.69, 9.17) is 4.74 Å². The smallest absolute Gasteiger partial charge is 0.167 e. The number of ether oxygens (including phenoxy) is 1. The fraction of sp³-hybridized carbons (Fsp3) is 0.400. The molecule has 0 unspecified atom stereocenters. The maximum atomic E-state index is 12.1. The van der Waals surface area contributed by atoms with Crippen molar-refractivity contribution in [2.24, 2.45) is 5.92 Å². The Morgan fingerprint density at radius 3 is 2.83 bits per heavy atom. The van der Waals surface area contributed by atoms with Crippen LogP contribution in [0, 0.1) is 5.92 Å². The lowest BCUT2D eigenvalue weighted by atomic mass is 10.0. The van der Waals surface area contributed by atoms with Crippen molar-refractivity contribution in [3.05, 3.63) is 30.0 Å². The number of carbonyl (C=O) groups is 1. The van der Waals surface area contributed by atoms with Crippen LogP contribution in [0.4, 0.5) is 0 Å². The zero-order valence-electron chi connectivity index (χ0n) is 11.1. The molecular formula is C15H19NO2. The van der Waals surface area contributed by atoms with Gasteiger partial charge in [0, 0.05) is 28.6 Å². The second-order valence-corrected chi connectivity index (χ2v) is 4.78. The lowest BCUT2D eigenvalue weighted by Gasteiger charge is -2.06. The van der Waals surface area contributed by atoms with Gasteiger partial charge in [0.05, 0.1) is 6.61 Å². The molecule has 1 N–H and O–H groups in total. The zero-order valence-corrected chi connectivity index (χ0v) is 11.1. The Morgan fingerprint density at radius 2 is 2.17 bits per heavy atom. The summed E-state index contributed by atoms with van der Waals surface area (Å²) in [6.45, 7) is 6.60. The summed E-state index contributed by atoms with van der Waals surface area (Å²) in [4.78, 5) is 15.2. The van der Waals surface area contributed by atoms with E-state index in [-0.39, 0.29) is 11.7 Å². The average molecular weight is 245 g/mol. The number of ketones is 1. The van der Waals surface area contributed by atoms with Gasteiger partial charge in [0.15, 0.2) is 5.78 Å². The molecule has 3 nitrogen and oxygen atoms in total. The van der Waals surface area contributed by atoms with Gasteiger partial charge in [-0.05, 0) is 24.6 Å². The monoisotopic (exact) mass is 245 g/mol. The van der Waals surface area contributed by atoms with Crippen molar-refractivity contribution in [1.29, 1.82) is 0 Å². The van der Waals surface area contributed by atoms with Crippen molar-refractivity contribution in [2.75, 3.05) is 6.61 Å². The van der Waals surface area contributed by atoms with E-state index in [9.17, 15) is 4.79 Å². The van der Waals surface area contributed by atoms with E-state index >= 15 is 0 Å². The Hall–Kier alpha value is -1.77. The number of H-pyrrole nitrogens is 1. The summed E-state index contributed by atoms with van der Waals surface area (Å²) in [6, 6.07) is 5.83. The van der Waals surface area contributed by atoms with Gasteiger partial charge in [0.25, 0.3) is 0 Å². The summed E-state index contributed by atoms with van der Waals surface area (Å²) in [5.74, 6) is 0.986. The van der Waals surface area contributed by atoms with Crippen LogP contribution < -0.4 is 4.74 Å². The third kappa shape index (κ3) is 2.40. The van der Waals surface area contributed by atoms with Crippen LogP contribution in [0.3, 0.4) is 0 Å². The molecule has 0 saturated carbocycles. The number of aromatic amines is 1. The predicted octanol–water partition coefficient (Wildman–Crippen LogP) is 3.80. The first-order valence-electron chi connectivity index (χ1n) is 6.41. The number of hydrogen-bond donors (Lipinski definition) is 1. The molecule has 3 heteroatoms. The molecule has 0 atom stereocenters. The van der Waals surface area contributed by atoms with Crippen molar-refractivity contribution in [1.82, 2.24) is 4.98 Å². The Kier molecular flexibility index (Phi) is 3.70. The molecule has 0 spiro atoms. The van der Waals surface area contributed by atoms with Crippen molar-refractivity contribution in [3.63, 3.8) is 0 Å². The second kappa shape index (κ2) is 5.25. The van der Waals surface area contributed by atoms with E-state index < -0.39 is 0 Å². The summed E-state index contributed by atoms with van der Waals surface area (Å²) in [7, 11) is 0. The molecule has 18 heavy (non-hydrogen) atoms. The Morgan fingerprint density at radius 1 is 1.39 bits per heavy atom. The first-order chi connectivity index (χ1) is 8.63. The van der Waals surface area contributed by atoms with E-state index in [1.165, 1.54) is 0 Å². The molecule has 0 fully saturated rings. The maximum absolute atomic E-state index is 12.1. The molecule has 0 aliphatic rings. The number of Topliss-reactive ketones (excluding diaryl/α,β-unsaturated/α-hetero) is 1. The largest absolute Gasteiger partial charge is 0.494 e. The summed E-state index contributed by atoms with van der Waals surface area (Å²) in [5, 5.41) is 0.947. The maximum Gasteiger partial charge on any atom is 0.167 e. The molecule has 2 rings (SSSR count). The van der Waals surface area contributed by atoms with Crippen LogP contribution in [0.15, 0.2) is 24.4 Å². The molecule has 0 saturated heterocycles. The normalized spacial score (nSPS) is 11.1. The fourth-order valence-corrected chi connectivity index (χ4v) is 1.92. The Balaban J connectivity index is 2.40. The number of rotatable bonds is 5. The van der Waals surface area contributed by atoms with E-state index in [1.807, 2.05) is 32.0 Å². The third-order valence-corrected chi connectivity index (χ3v) is 2.92. The molecule has 0 bridgehead atoms. The van der Waals surface area contributed by atoms with Crippen LogP contribution in [0.25, 0.3) is 10.9 Å². The van der Waals surface area contributed by atoms with Crippen LogP contribution in [0.2, 0.25) is 0 Å². The molecule has 0 aliphatic carbocycles. The topological polar surface area (TPSA) is 42.1 Å². The minimum Gasteiger partial charge on any atom is -0.494 e. The molecule has 1 aromatic carbocycles. The highest BCUT2D eigenvalue weighted by Gasteiger charge is 2.15. The average Bonchev–Trinajstić information content (AvgIpc) is 2.78. The van der Waals surface area contributed by atoms with Crippen LogP contribution in [-0.4, -0.2) is 17.4 Å². The van der Waals surface area contributed by atoms with Crippen molar-refractivity contribution >= 4 is 16.7 Å². The molecule has 2 aromatic rings. The quantitative estimate of drug-likeness (QED) is 0.814. The van der Waals surface area contributed by atoms with Crippen LogP contribution in [0.5, 0.6) is 5.75 Å². The van der Waals surface area contributed by atoms with Gasteiger partial charge in [-0.15, -0.1) is 0 Å². The number of fused-ring (bicyclic) bond motifs is 1. The molecule has 0 amide bonds. The molecule has 1 heterocycles. The number of carbonyl (C=O) groups excluding carboxylic acids is 1. The van der Waals surface area contributed by atoms with Crippen molar-refractivity contribution in [3.8, 4) is 5.75 Å². The summed E-state index contributed by atoms with van der Waals surface area (Å²) in [6.07, 6.45) is 2.76. The number of hydrogen-bond acceptors (Lipinski definition) is 2. The van der Waals surface area contributed by atoms with E-state index in [2.05, 4.69) is 11.9 Å². The number of aromatic nitrogens is 1. The lowest BCUT2D eigenvalue weighted by Crippen LogP contribution is -2.06. The molecular weight excluding hydrogens is 226 g/mol. The summed E-state index contributed by atoms with van der Waals surface area (Å²) in [5.41, 5.74) is 1.73. The van der Waals surface area contributed by atoms with Crippen LogP contribution in [-0.2, 0) is 0 Å². The minimum atomic E-state index is 0.00390. The van der Waals surface area contributed by atoms with Gasteiger partial charge in [0.1, 0.15) is 5.75 Å². The lowest BCUT2D eigenvalue weighted by molar-refractivity contribution is 0.0941. The molecule has 0 aliphatic heterocycles. The van der Waals surface area contributed by atoms with Crippen molar-refractivity contribution in [2.45, 2.75) is 27.2 Å². The summed E-state index contributed by atoms with van der Waals surface area (Å²) < 4.78 is 5.60. The van der Waals surface area contributed by atoms with E-state index in [0.29, 0.717) is 6.61 Å². The predicted molar refractivity (Wildman–Crippen MR) is 73.3 cm³/mol. The van der Waals surface area contributed by atoms with Crippen LogP contribution >= 0.6 is 0 Å². The van der Waals surface area contributed by atoms with Crippen molar-refractivity contribution < 1.29 is 9.53 Å². The highest BCUT2D eigenvalue weighted by atomic mass is 16.5. The van der Waals surface area contributed by atoms with Crippen LogP contribution in [0.1, 0.15) is 37.6 Å². The highest BCUT2D eigenvalue weighted by Crippen LogP contribution is 2.25. The molecule has 0 radical (unpaired) electrons. The van der Waals surface area contributed by atoms with Gasteiger partial charge in [0.2, 0.25) is 0 Å². The van der Waals surface area contributed by atoms with Gasteiger partial charge in [-0.1, -0.05) is 20.8 Å². The second-order valence-electron chi connectivity index (χ2n) is 4.78. The molecule has 96 valence electrons. The van der Waals surface area contributed by atoms with Gasteiger partial charge in [-0.2, -0.15) is 0 Å². The fourth-order valence-electron chi connectivity index (χ4n) is 1.92. The third-order valence-electron chi connectivity index (χ3n) is 2.92. The van der Waals surface area contributed by atoms with Gasteiger partial charge in [-0.3, -0.25) is 4.79 Å². The minimum absolute atomic E-state index is 0.00390. The van der Waals surface area contributed by atoms with Gasteiger partial charge in [-0.25, -0.2) is 0 Å². The zero-order chi connectivity index (χ0) is 13.1. The number of nitrogens with one attached hydrogen (secondary N) is 1. The van der Waals surface area contributed by atoms with E-state index in [0.717, 1.165) is 28.6 Å². The Labute approximate surface area is 107 Å². The molecule has 1 aromatic heterocycles. The number of benzene rings is 1.